The highest BCUT2D eigenvalue weighted by atomic mass is 16.3. The van der Waals surface area contributed by atoms with Crippen molar-refractivity contribution in [3.8, 4) is 0 Å². The molecule has 2 aromatic rings. The second-order valence-electron chi connectivity index (χ2n) is 11.9. The van der Waals surface area contributed by atoms with Gasteiger partial charge in [0.25, 0.3) is 5.91 Å². The molecule has 6 heteroatoms. The summed E-state index contributed by atoms with van der Waals surface area (Å²) in [4.78, 5) is 23.5. The van der Waals surface area contributed by atoms with E-state index >= 15 is 0 Å². The Bertz CT molecular complexity index is 994. The highest BCUT2D eigenvalue weighted by Gasteiger charge is 2.29. The molecular formula is C34H52N4O2. The van der Waals surface area contributed by atoms with E-state index in [9.17, 15) is 4.79 Å². The zero-order chi connectivity index (χ0) is 28.2. The molecule has 40 heavy (non-hydrogen) atoms. The van der Waals surface area contributed by atoms with Gasteiger partial charge in [-0.15, -0.1) is 0 Å². The van der Waals surface area contributed by atoms with Gasteiger partial charge in [-0.2, -0.15) is 0 Å². The van der Waals surface area contributed by atoms with Crippen molar-refractivity contribution in [2.75, 3.05) is 64.4 Å². The minimum atomic E-state index is 0.157. The van der Waals surface area contributed by atoms with Crippen molar-refractivity contribution in [1.82, 2.24) is 14.7 Å². The van der Waals surface area contributed by atoms with Gasteiger partial charge in [0.05, 0.1) is 0 Å². The lowest BCUT2D eigenvalue weighted by atomic mass is 9.99. The number of unbranched alkanes of at least 4 members (excludes halogenated alkanes) is 4. The van der Waals surface area contributed by atoms with E-state index in [0.29, 0.717) is 6.54 Å². The van der Waals surface area contributed by atoms with Crippen LogP contribution in [0.15, 0.2) is 48.5 Å². The van der Waals surface area contributed by atoms with Gasteiger partial charge < -0.3 is 24.7 Å². The fourth-order valence-corrected chi connectivity index (χ4v) is 6.08. The van der Waals surface area contributed by atoms with Crippen LogP contribution in [0.1, 0.15) is 79.8 Å². The molecule has 2 aliphatic heterocycles. The summed E-state index contributed by atoms with van der Waals surface area (Å²) >= 11 is 0. The van der Waals surface area contributed by atoms with Crippen molar-refractivity contribution in [2.24, 2.45) is 0 Å². The highest BCUT2D eigenvalue weighted by molar-refractivity contribution is 5.94. The lowest BCUT2D eigenvalue weighted by Gasteiger charge is -2.39. The van der Waals surface area contributed by atoms with Crippen molar-refractivity contribution in [2.45, 2.75) is 77.3 Å². The van der Waals surface area contributed by atoms with Crippen LogP contribution in [0.2, 0.25) is 0 Å². The number of piperazine rings is 1. The van der Waals surface area contributed by atoms with E-state index in [4.69, 9.17) is 5.11 Å². The monoisotopic (exact) mass is 548 g/mol. The van der Waals surface area contributed by atoms with Crippen molar-refractivity contribution < 1.29 is 9.90 Å². The second kappa shape index (κ2) is 16.1. The van der Waals surface area contributed by atoms with Crippen molar-refractivity contribution >= 4 is 11.6 Å². The van der Waals surface area contributed by atoms with Crippen LogP contribution in [0.5, 0.6) is 0 Å². The maximum absolute atomic E-state index is 14.0. The van der Waals surface area contributed by atoms with Gasteiger partial charge in [-0.3, -0.25) is 4.79 Å². The third kappa shape index (κ3) is 9.05. The highest BCUT2D eigenvalue weighted by Crippen LogP contribution is 2.24. The molecule has 1 N–H and O–H groups in total. The Morgan fingerprint density at radius 1 is 0.825 bits per heavy atom. The minimum Gasteiger partial charge on any atom is -0.396 e. The molecule has 2 heterocycles. The number of likely N-dealkylation sites (tertiary alicyclic amines) is 1. The van der Waals surface area contributed by atoms with Crippen LogP contribution in [0.4, 0.5) is 5.69 Å². The SMILES string of the molecule is CCCCCc1ccc(C(=O)N(Cc2ccc(N3CCN(C)CC3)cc2)C2CCN(CCCCCO)CC2)cc1. The first kappa shape index (κ1) is 30.5. The summed E-state index contributed by atoms with van der Waals surface area (Å²) in [5.41, 5.74) is 4.61. The first-order chi connectivity index (χ1) is 19.6. The number of piperidine rings is 1. The average molecular weight is 549 g/mol. The summed E-state index contributed by atoms with van der Waals surface area (Å²) in [6, 6.07) is 17.6. The van der Waals surface area contributed by atoms with Gasteiger partial charge in [0, 0.05) is 69.7 Å². The van der Waals surface area contributed by atoms with Crippen LogP contribution in [0, 0.1) is 0 Å². The molecule has 0 radical (unpaired) electrons. The maximum Gasteiger partial charge on any atom is 0.254 e. The van der Waals surface area contributed by atoms with Crippen molar-refractivity contribution in [3.05, 3.63) is 65.2 Å². The second-order valence-corrected chi connectivity index (χ2v) is 11.9. The number of hydrogen-bond donors (Lipinski definition) is 1. The fourth-order valence-electron chi connectivity index (χ4n) is 6.08. The van der Waals surface area contributed by atoms with Gasteiger partial charge in [-0.25, -0.2) is 0 Å². The van der Waals surface area contributed by atoms with Crippen LogP contribution >= 0.6 is 0 Å². The molecule has 2 fully saturated rings. The standard InChI is InChI=1S/C34H52N4O2/c1-3-4-6-9-29-10-14-31(15-11-29)34(40)38(33-18-21-36(22-19-33)20-7-5-8-27-39)28-30-12-16-32(17-13-30)37-25-23-35(2)24-26-37/h10-17,33,39H,3-9,18-28H2,1-2H3. The Kier molecular flexibility index (Phi) is 12.3. The number of benzene rings is 2. The summed E-state index contributed by atoms with van der Waals surface area (Å²) in [5, 5.41) is 9.07. The number of aliphatic hydroxyl groups is 1. The average Bonchev–Trinajstić information content (AvgIpc) is 2.99. The zero-order valence-corrected chi connectivity index (χ0v) is 25.1. The number of rotatable bonds is 14. The molecule has 1 amide bonds. The lowest BCUT2D eigenvalue weighted by Crippen LogP contribution is -2.47. The number of hydrogen-bond acceptors (Lipinski definition) is 5. The number of likely N-dealkylation sites (N-methyl/N-ethyl adjacent to an activating group) is 1. The third-order valence-electron chi connectivity index (χ3n) is 8.82. The third-order valence-corrected chi connectivity index (χ3v) is 8.82. The van der Waals surface area contributed by atoms with Crippen LogP contribution < -0.4 is 4.90 Å². The smallest absolute Gasteiger partial charge is 0.254 e. The summed E-state index contributed by atoms with van der Waals surface area (Å²) in [6.07, 6.45) is 9.91. The predicted molar refractivity (Wildman–Crippen MR) is 166 cm³/mol. The van der Waals surface area contributed by atoms with E-state index in [1.807, 2.05) is 12.1 Å². The van der Waals surface area contributed by atoms with Crippen molar-refractivity contribution in [3.63, 3.8) is 0 Å². The Hall–Kier alpha value is -2.41. The Morgan fingerprint density at radius 2 is 1.50 bits per heavy atom. The number of anilines is 1. The number of nitrogens with zero attached hydrogens (tertiary/aromatic N) is 4. The molecule has 4 rings (SSSR count). The van der Waals surface area contributed by atoms with E-state index in [1.54, 1.807) is 0 Å². The molecule has 2 saturated heterocycles. The van der Waals surface area contributed by atoms with Gasteiger partial charge in [0.15, 0.2) is 0 Å². The Morgan fingerprint density at radius 3 is 2.15 bits per heavy atom. The van der Waals surface area contributed by atoms with E-state index in [2.05, 4.69) is 70.0 Å². The lowest BCUT2D eigenvalue weighted by molar-refractivity contribution is 0.0548. The van der Waals surface area contributed by atoms with E-state index in [0.717, 1.165) is 89.9 Å². The Balaban J connectivity index is 1.42. The zero-order valence-electron chi connectivity index (χ0n) is 25.1. The molecule has 0 aliphatic carbocycles. The van der Waals surface area contributed by atoms with Crippen LogP contribution in [-0.2, 0) is 13.0 Å². The summed E-state index contributed by atoms with van der Waals surface area (Å²) in [5.74, 6) is 0.157. The summed E-state index contributed by atoms with van der Waals surface area (Å²) in [6.45, 7) is 10.7. The molecular weight excluding hydrogens is 496 g/mol. The largest absolute Gasteiger partial charge is 0.396 e. The first-order valence-corrected chi connectivity index (χ1v) is 15.8. The van der Waals surface area contributed by atoms with E-state index in [1.165, 1.54) is 36.1 Å². The fraction of sp³-hybridized carbons (Fsp3) is 0.618. The molecule has 0 spiro atoms. The van der Waals surface area contributed by atoms with Crippen LogP contribution in [-0.4, -0.2) is 91.2 Å². The van der Waals surface area contributed by atoms with Gasteiger partial charge in [0.1, 0.15) is 0 Å². The molecule has 0 atom stereocenters. The predicted octanol–water partition coefficient (Wildman–Crippen LogP) is 5.44. The molecule has 0 saturated carbocycles. The van der Waals surface area contributed by atoms with Gasteiger partial charge in [-0.05, 0) is 93.9 Å². The van der Waals surface area contributed by atoms with E-state index in [-0.39, 0.29) is 18.6 Å². The number of amides is 1. The summed E-state index contributed by atoms with van der Waals surface area (Å²) in [7, 11) is 2.19. The maximum atomic E-state index is 14.0. The van der Waals surface area contributed by atoms with E-state index < -0.39 is 0 Å². The van der Waals surface area contributed by atoms with Crippen molar-refractivity contribution in [1.29, 1.82) is 0 Å². The molecule has 220 valence electrons. The minimum absolute atomic E-state index is 0.157. The number of carbonyl (C=O) groups excluding carboxylic acids is 1. The van der Waals surface area contributed by atoms with Gasteiger partial charge in [0.2, 0.25) is 0 Å². The molecule has 0 aromatic heterocycles. The molecule has 2 aromatic carbocycles. The molecule has 6 nitrogen and oxygen atoms in total. The Labute approximate surface area is 243 Å². The number of aliphatic hydroxyl groups excluding tert-OH is 1. The topological polar surface area (TPSA) is 50.3 Å². The van der Waals surface area contributed by atoms with Crippen LogP contribution in [0.3, 0.4) is 0 Å². The molecule has 0 unspecified atom stereocenters. The normalized spacial score (nSPS) is 17.3. The van der Waals surface area contributed by atoms with Gasteiger partial charge >= 0.3 is 0 Å². The quantitative estimate of drug-likeness (QED) is 0.319. The molecule has 2 aliphatic rings. The summed E-state index contributed by atoms with van der Waals surface area (Å²) < 4.78 is 0. The molecule has 0 bridgehead atoms. The number of aryl methyl sites for hydroxylation is 1. The first-order valence-electron chi connectivity index (χ1n) is 15.8. The van der Waals surface area contributed by atoms with Gasteiger partial charge in [-0.1, -0.05) is 44.0 Å². The van der Waals surface area contributed by atoms with Crippen LogP contribution in [0.25, 0.3) is 0 Å². The number of carbonyl (C=O) groups is 1.